The highest BCUT2D eigenvalue weighted by Crippen LogP contribution is 2.39. The smallest absolute Gasteiger partial charge is 0.227 e. The molecular formula is C20H21ClN8. The van der Waals surface area contributed by atoms with E-state index in [0.29, 0.717) is 22.7 Å². The standard InChI is InChI=1S/C20H21ClN8/c1-11(13-5-6-14-19(18(13)21)24-10-23-14)29(2)20-22-8-7-16(26-20)25-17-9-15(27-28-17)12-3-4-12/h5-12H,3-4H2,1-2H3,(H,23,24)(H2,22,25,26,27,28). The normalized spacial score (nSPS) is 14.9. The predicted octanol–water partition coefficient (Wildman–Crippen LogP) is 4.55. The Labute approximate surface area is 172 Å². The molecule has 0 spiro atoms. The zero-order valence-corrected chi connectivity index (χ0v) is 16.9. The van der Waals surface area contributed by atoms with Crippen molar-refractivity contribution >= 4 is 40.2 Å². The summed E-state index contributed by atoms with van der Waals surface area (Å²) in [6, 6.07) is 7.84. The monoisotopic (exact) mass is 408 g/mol. The molecule has 3 heterocycles. The van der Waals surface area contributed by atoms with Crippen molar-refractivity contribution < 1.29 is 0 Å². The maximum Gasteiger partial charge on any atom is 0.227 e. The lowest BCUT2D eigenvalue weighted by Crippen LogP contribution is -2.24. The van der Waals surface area contributed by atoms with Crippen LogP contribution in [0.15, 0.2) is 36.8 Å². The maximum absolute atomic E-state index is 6.61. The second-order valence-electron chi connectivity index (χ2n) is 7.40. The van der Waals surface area contributed by atoms with Gasteiger partial charge >= 0.3 is 0 Å². The fourth-order valence-corrected chi connectivity index (χ4v) is 3.79. The van der Waals surface area contributed by atoms with Gasteiger partial charge in [0.1, 0.15) is 11.3 Å². The van der Waals surface area contributed by atoms with Crippen LogP contribution in [0.3, 0.4) is 0 Å². The van der Waals surface area contributed by atoms with E-state index in [1.165, 1.54) is 18.5 Å². The van der Waals surface area contributed by atoms with Gasteiger partial charge in [-0.15, -0.1) is 0 Å². The van der Waals surface area contributed by atoms with Crippen LogP contribution in [0.2, 0.25) is 5.02 Å². The fourth-order valence-electron chi connectivity index (χ4n) is 3.42. The van der Waals surface area contributed by atoms with Gasteiger partial charge in [-0.1, -0.05) is 17.7 Å². The molecule has 1 aromatic carbocycles. The molecular weight excluding hydrogens is 388 g/mol. The lowest BCUT2D eigenvalue weighted by molar-refractivity contribution is 0.717. The van der Waals surface area contributed by atoms with E-state index in [9.17, 15) is 0 Å². The van der Waals surface area contributed by atoms with E-state index in [-0.39, 0.29) is 6.04 Å². The van der Waals surface area contributed by atoms with E-state index < -0.39 is 0 Å². The number of halogens is 1. The SMILES string of the molecule is CC(c1ccc2[nH]cnc2c1Cl)N(C)c1nccc(Nc2cc(C3CC3)[nH]n2)n1. The van der Waals surface area contributed by atoms with Gasteiger partial charge in [-0.2, -0.15) is 10.1 Å². The van der Waals surface area contributed by atoms with E-state index in [1.807, 2.05) is 36.2 Å². The summed E-state index contributed by atoms with van der Waals surface area (Å²) in [7, 11) is 1.95. The Kier molecular flexibility index (Phi) is 4.35. The summed E-state index contributed by atoms with van der Waals surface area (Å²) in [5.74, 6) is 2.68. The van der Waals surface area contributed by atoms with Gasteiger partial charge in [0.25, 0.3) is 0 Å². The third kappa shape index (κ3) is 3.40. The second kappa shape index (κ2) is 7.04. The molecule has 0 amide bonds. The Balaban J connectivity index is 1.37. The van der Waals surface area contributed by atoms with Crippen molar-refractivity contribution in [1.82, 2.24) is 30.1 Å². The Bertz CT molecular complexity index is 1160. The molecule has 9 heteroatoms. The topological polar surface area (TPSA) is 98.4 Å². The maximum atomic E-state index is 6.61. The van der Waals surface area contributed by atoms with Gasteiger partial charge in [0.15, 0.2) is 5.82 Å². The van der Waals surface area contributed by atoms with Crippen molar-refractivity contribution in [3.63, 3.8) is 0 Å². The first-order valence-corrected chi connectivity index (χ1v) is 9.97. The first kappa shape index (κ1) is 17.9. The Morgan fingerprint density at radius 1 is 1.21 bits per heavy atom. The van der Waals surface area contributed by atoms with Crippen LogP contribution in [0.5, 0.6) is 0 Å². The molecule has 4 aromatic rings. The predicted molar refractivity (Wildman–Crippen MR) is 114 cm³/mol. The highest BCUT2D eigenvalue weighted by molar-refractivity contribution is 6.35. The molecule has 148 valence electrons. The van der Waals surface area contributed by atoms with Crippen LogP contribution >= 0.6 is 11.6 Å². The summed E-state index contributed by atoms with van der Waals surface area (Å²) in [6.45, 7) is 2.07. The number of hydrogen-bond donors (Lipinski definition) is 3. The summed E-state index contributed by atoms with van der Waals surface area (Å²) in [5.41, 5.74) is 3.83. The van der Waals surface area contributed by atoms with Gasteiger partial charge < -0.3 is 15.2 Å². The van der Waals surface area contributed by atoms with Crippen molar-refractivity contribution in [2.24, 2.45) is 0 Å². The molecule has 5 rings (SSSR count). The first-order chi connectivity index (χ1) is 14.1. The number of nitrogens with one attached hydrogen (secondary N) is 3. The minimum absolute atomic E-state index is 0.0364. The number of H-pyrrole nitrogens is 2. The highest BCUT2D eigenvalue weighted by atomic mass is 35.5. The molecule has 3 aromatic heterocycles. The van der Waals surface area contributed by atoms with Crippen LogP contribution in [0.4, 0.5) is 17.6 Å². The number of imidazole rings is 1. The van der Waals surface area contributed by atoms with Gasteiger partial charge in [-0.05, 0) is 37.5 Å². The van der Waals surface area contributed by atoms with Crippen LogP contribution in [-0.4, -0.2) is 37.2 Å². The summed E-state index contributed by atoms with van der Waals surface area (Å²) < 4.78 is 0. The molecule has 1 saturated carbocycles. The number of aromatic nitrogens is 6. The van der Waals surface area contributed by atoms with Crippen molar-refractivity contribution in [2.75, 3.05) is 17.3 Å². The number of anilines is 3. The summed E-state index contributed by atoms with van der Waals surface area (Å²) in [5, 5.41) is 11.3. The molecule has 29 heavy (non-hydrogen) atoms. The molecule has 8 nitrogen and oxygen atoms in total. The minimum atomic E-state index is -0.0364. The zero-order chi connectivity index (χ0) is 20.0. The van der Waals surface area contributed by atoms with Crippen molar-refractivity contribution in [2.45, 2.75) is 31.7 Å². The largest absolute Gasteiger partial charge is 0.345 e. The van der Waals surface area contributed by atoms with Gasteiger partial charge in [0, 0.05) is 30.9 Å². The van der Waals surface area contributed by atoms with Gasteiger partial charge in [0.2, 0.25) is 5.95 Å². The molecule has 0 radical (unpaired) electrons. The number of fused-ring (bicyclic) bond motifs is 1. The molecule has 1 aliphatic rings. The molecule has 1 aliphatic carbocycles. The molecule has 1 fully saturated rings. The third-order valence-corrected chi connectivity index (χ3v) is 5.82. The van der Waals surface area contributed by atoms with Crippen LogP contribution in [0.25, 0.3) is 11.0 Å². The first-order valence-electron chi connectivity index (χ1n) is 9.60. The molecule has 0 saturated heterocycles. The Morgan fingerprint density at radius 2 is 2.07 bits per heavy atom. The van der Waals surface area contributed by atoms with E-state index in [4.69, 9.17) is 11.6 Å². The van der Waals surface area contributed by atoms with E-state index in [2.05, 4.69) is 42.4 Å². The molecule has 0 aliphatic heterocycles. The van der Waals surface area contributed by atoms with Crippen LogP contribution in [0, 0.1) is 0 Å². The van der Waals surface area contributed by atoms with Crippen LogP contribution in [0.1, 0.15) is 43.0 Å². The van der Waals surface area contributed by atoms with Crippen LogP contribution in [-0.2, 0) is 0 Å². The van der Waals surface area contributed by atoms with E-state index >= 15 is 0 Å². The number of rotatable bonds is 6. The molecule has 3 N–H and O–H groups in total. The van der Waals surface area contributed by atoms with Crippen LogP contribution < -0.4 is 10.2 Å². The molecule has 0 bridgehead atoms. The number of nitrogens with zero attached hydrogens (tertiary/aromatic N) is 5. The number of aromatic amines is 2. The number of hydrogen-bond acceptors (Lipinski definition) is 6. The highest BCUT2D eigenvalue weighted by Gasteiger charge is 2.25. The third-order valence-electron chi connectivity index (χ3n) is 5.42. The second-order valence-corrected chi connectivity index (χ2v) is 7.78. The molecule has 1 atom stereocenters. The lowest BCUT2D eigenvalue weighted by atomic mass is 10.1. The van der Waals surface area contributed by atoms with E-state index in [0.717, 1.165) is 22.4 Å². The summed E-state index contributed by atoms with van der Waals surface area (Å²) >= 11 is 6.61. The average molecular weight is 409 g/mol. The average Bonchev–Trinajstić information content (AvgIpc) is 3.28. The van der Waals surface area contributed by atoms with Gasteiger partial charge in [-0.25, -0.2) is 9.97 Å². The summed E-state index contributed by atoms with van der Waals surface area (Å²) in [6.07, 6.45) is 5.85. The minimum Gasteiger partial charge on any atom is -0.345 e. The molecule has 1 unspecified atom stereocenters. The van der Waals surface area contributed by atoms with Crippen molar-refractivity contribution in [1.29, 1.82) is 0 Å². The Hall–Kier alpha value is -3.13. The number of benzene rings is 1. The van der Waals surface area contributed by atoms with Gasteiger partial charge in [-0.3, -0.25) is 5.10 Å². The van der Waals surface area contributed by atoms with Crippen molar-refractivity contribution in [3.05, 3.63) is 53.1 Å². The van der Waals surface area contributed by atoms with Gasteiger partial charge in [0.05, 0.1) is 22.9 Å². The van der Waals surface area contributed by atoms with E-state index in [1.54, 1.807) is 12.5 Å². The van der Waals surface area contributed by atoms with Crippen molar-refractivity contribution in [3.8, 4) is 0 Å². The zero-order valence-electron chi connectivity index (χ0n) is 16.1. The fraction of sp³-hybridized carbons (Fsp3) is 0.300. The Morgan fingerprint density at radius 3 is 2.90 bits per heavy atom. The quantitative estimate of drug-likeness (QED) is 0.433. The lowest BCUT2D eigenvalue weighted by Gasteiger charge is -2.26. The summed E-state index contributed by atoms with van der Waals surface area (Å²) in [4.78, 5) is 18.5.